The second-order valence-electron chi connectivity index (χ2n) is 4.35. The molecular weight excluding hydrogens is 314 g/mol. The van der Waals surface area contributed by atoms with Gasteiger partial charge in [0.25, 0.3) is 0 Å². The minimum Gasteiger partial charge on any atom is -0.374 e. The maximum absolute atomic E-state index is 6.00. The lowest BCUT2D eigenvalue weighted by Crippen LogP contribution is -2.12. The van der Waals surface area contributed by atoms with E-state index in [4.69, 9.17) is 11.6 Å². The predicted molar refractivity (Wildman–Crippen MR) is 77.2 cm³/mol. The summed E-state index contributed by atoms with van der Waals surface area (Å²) < 4.78 is 0.716. The Bertz CT molecular complexity index is 615. The van der Waals surface area contributed by atoms with Crippen LogP contribution >= 0.6 is 27.5 Å². The monoisotopic (exact) mass is 323 g/mol. The average molecular weight is 325 g/mol. The third-order valence-electron chi connectivity index (χ3n) is 3.17. The smallest absolute Gasteiger partial charge is 0.160 e. The summed E-state index contributed by atoms with van der Waals surface area (Å²) in [4.78, 5) is 10.8. The fourth-order valence-corrected chi connectivity index (χ4v) is 2.51. The lowest BCUT2D eigenvalue weighted by molar-refractivity contribution is 0.956. The lowest BCUT2D eigenvalue weighted by atomic mass is 10.1. The topological polar surface area (TPSA) is 29.0 Å². The number of fused-ring (bicyclic) bond motifs is 1. The van der Waals surface area contributed by atoms with Crippen LogP contribution in [0.15, 0.2) is 28.9 Å². The zero-order valence-electron chi connectivity index (χ0n) is 9.82. The van der Waals surface area contributed by atoms with Crippen molar-refractivity contribution in [2.45, 2.75) is 6.42 Å². The second kappa shape index (κ2) is 4.52. The molecule has 0 bridgehead atoms. The Hall–Kier alpha value is -1.13. The molecule has 0 fully saturated rings. The van der Waals surface area contributed by atoms with Crippen LogP contribution in [0, 0.1) is 0 Å². The van der Waals surface area contributed by atoms with Gasteiger partial charge in [-0.3, -0.25) is 0 Å². The van der Waals surface area contributed by atoms with Crippen LogP contribution < -0.4 is 4.90 Å². The Morgan fingerprint density at radius 3 is 3.00 bits per heavy atom. The Balaban J connectivity index is 2.05. The van der Waals surface area contributed by atoms with Crippen LogP contribution in [0.4, 0.5) is 5.69 Å². The fraction of sp³-hybridized carbons (Fsp3) is 0.231. The van der Waals surface area contributed by atoms with E-state index in [9.17, 15) is 0 Å². The van der Waals surface area contributed by atoms with E-state index in [1.807, 2.05) is 6.07 Å². The summed E-state index contributed by atoms with van der Waals surface area (Å²) in [7, 11) is 2.11. The minimum atomic E-state index is 0.442. The molecular formula is C13H11BrClN3. The molecule has 0 atom stereocenters. The third-order valence-corrected chi connectivity index (χ3v) is 4.26. The molecule has 3 nitrogen and oxygen atoms in total. The van der Waals surface area contributed by atoms with Crippen molar-refractivity contribution in [1.82, 2.24) is 9.97 Å². The summed E-state index contributed by atoms with van der Waals surface area (Å²) in [6, 6.07) is 6.32. The Kier molecular flexibility index (Phi) is 2.99. The Morgan fingerprint density at radius 2 is 2.22 bits per heavy atom. The summed E-state index contributed by atoms with van der Waals surface area (Å²) in [5.41, 5.74) is 3.65. The zero-order chi connectivity index (χ0) is 12.7. The molecule has 0 amide bonds. The maximum Gasteiger partial charge on any atom is 0.160 e. The molecule has 0 aliphatic carbocycles. The first-order chi connectivity index (χ1) is 8.65. The molecule has 2 heterocycles. The van der Waals surface area contributed by atoms with Gasteiger partial charge in [-0.25, -0.2) is 9.97 Å². The molecule has 5 heteroatoms. The van der Waals surface area contributed by atoms with Gasteiger partial charge in [-0.05, 0) is 46.1 Å². The summed E-state index contributed by atoms with van der Waals surface area (Å²) in [6.45, 7) is 1.07. The molecule has 0 saturated heterocycles. The van der Waals surface area contributed by atoms with Crippen molar-refractivity contribution < 1.29 is 0 Å². The third kappa shape index (κ3) is 1.99. The normalized spacial score (nSPS) is 13.8. The molecule has 2 aromatic rings. The molecule has 0 radical (unpaired) electrons. The lowest BCUT2D eigenvalue weighted by Gasteiger charge is -2.11. The van der Waals surface area contributed by atoms with E-state index in [0.717, 1.165) is 18.5 Å². The standard InChI is InChI=1S/C13H11BrClN3/c1-18-5-4-8-6-9(2-3-11(8)18)13-16-7-10(14)12(15)17-13/h2-3,6-7H,4-5H2,1H3. The number of hydrogen-bond acceptors (Lipinski definition) is 3. The molecule has 1 aromatic heterocycles. The molecule has 0 unspecified atom stereocenters. The van der Waals surface area contributed by atoms with E-state index < -0.39 is 0 Å². The molecule has 3 rings (SSSR count). The molecule has 92 valence electrons. The summed E-state index contributed by atoms with van der Waals surface area (Å²) in [5, 5.41) is 0.442. The molecule has 1 aliphatic rings. The number of nitrogens with zero attached hydrogens (tertiary/aromatic N) is 3. The fourth-order valence-electron chi connectivity index (χ4n) is 2.19. The van der Waals surface area contributed by atoms with Gasteiger partial charge in [-0.15, -0.1) is 0 Å². The van der Waals surface area contributed by atoms with Gasteiger partial charge < -0.3 is 4.90 Å². The van der Waals surface area contributed by atoms with Crippen molar-refractivity contribution in [2.24, 2.45) is 0 Å². The van der Waals surface area contributed by atoms with E-state index in [2.05, 4.69) is 50.0 Å². The molecule has 1 aliphatic heterocycles. The van der Waals surface area contributed by atoms with Crippen LogP contribution in [0.25, 0.3) is 11.4 Å². The maximum atomic E-state index is 6.00. The van der Waals surface area contributed by atoms with Gasteiger partial charge >= 0.3 is 0 Å². The van der Waals surface area contributed by atoms with Crippen molar-refractivity contribution in [1.29, 1.82) is 0 Å². The molecule has 0 N–H and O–H groups in total. The number of benzene rings is 1. The van der Waals surface area contributed by atoms with E-state index in [1.165, 1.54) is 11.3 Å². The van der Waals surface area contributed by atoms with E-state index in [0.29, 0.717) is 15.5 Å². The van der Waals surface area contributed by atoms with E-state index >= 15 is 0 Å². The quantitative estimate of drug-likeness (QED) is 0.751. The summed E-state index contributed by atoms with van der Waals surface area (Å²) >= 11 is 9.29. The van der Waals surface area contributed by atoms with Gasteiger partial charge in [0, 0.05) is 31.0 Å². The summed E-state index contributed by atoms with van der Waals surface area (Å²) in [5.74, 6) is 0.667. The highest BCUT2D eigenvalue weighted by Crippen LogP contribution is 2.31. The Morgan fingerprint density at radius 1 is 1.39 bits per heavy atom. The highest BCUT2D eigenvalue weighted by molar-refractivity contribution is 9.10. The minimum absolute atomic E-state index is 0.442. The average Bonchev–Trinajstić information content (AvgIpc) is 2.74. The van der Waals surface area contributed by atoms with Crippen LogP contribution in [-0.2, 0) is 6.42 Å². The first kappa shape index (κ1) is 11.9. The van der Waals surface area contributed by atoms with Gasteiger partial charge in [-0.2, -0.15) is 0 Å². The zero-order valence-corrected chi connectivity index (χ0v) is 12.2. The van der Waals surface area contributed by atoms with Crippen molar-refractivity contribution in [3.63, 3.8) is 0 Å². The van der Waals surface area contributed by atoms with Crippen molar-refractivity contribution in [3.05, 3.63) is 39.6 Å². The molecule has 1 aromatic carbocycles. The molecule has 0 spiro atoms. The number of rotatable bonds is 1. The second-order valence-corrected chi connectivity index (χ2v) is 5.56. The first-order valence-corrected chi connectivity index (χ1v) is 6.85. The number of anilines is 1. The molecule has 18 heavy (non-hydrogen) atoms. The summed E-state index contributed by atoms with van der Waals surface area (Å²) in [6.07, 6.45) is 2.76. The number of likely N-dealkylation sites (N-methyl/N-ethyl adjacent to an activating group) is 1. The van der Waals surface area contributed by atoms with Crippen molar-refractivity contribution in [2.75, 3.05) is 18.5 Å². The first-order valence-electron chi connectivity index (χ1n) is 5.67. The van der Waals surface area contributed by atoms with Crippen molar-refractivity contribution >= 4 is 33.2 Å². The highest BCUT2D eigenvalue weighted by atomic mass is 79.9. The predicted octanol–water partition coefficient (Wildman–Crippen LogP) is 3.55. The SMILES string of the molecule is CN1CCc2cc(-c3ncc(Br)c(Cl)n3)ccc21. The van der Waals surface area contributed by atoms with Gasteiger partial charge in [0.1, 0.15) is 5.15 Å². The molecule has 0 saturated carbocycles. The largest absolute Gasteiger partial charge is 0.374 e. The van der Waals surface area contributed by atoms with Crippen molar-refractivity contribution in [3.8, 4) is 11.4 Å². The number of hydrogen-bond donors (Lipinski definition) is 0. The van der Waals surface area contributed by atoms with E-state index in [1.54, 1.807) is 6.20 Å². The van der Waals surface area contributed by atoms with Gasteiger partial charge in [0.2, 0.25) is 0 Å². The van der Waals surface area contributed by atoms with Gasteiger partial charge in [-0.1, -0.05) is 11.6 Å². The van der Waals surface area contributed by atoms with E-state index in [-0.39, 0.29) is 0 Å². The Labute approximate surface area is 119 Å². The van der Waals surface area contributed by atoms with Crippen LogP contribution in [0.1, 0.15) is 5.56 Å². The number of aromatic nitrogens is 2. The van der Waals surface area contributed by atoms with Gasteiger partial charge in [0.05, 0.1) is 4.47 Å². The van der Waals surface area contributed by atoms with Crippen LogP contribution in [0.5, 0.6) is 0 Å². The van der Waals surface area contributed by atoms with Crippen LogP contribution in [0.2, 0.25) is 5.15 Å². The highest BCUT2D eigenvalue weighted by Gasteiger charge is 2.16. The van der Waals surface area contributed by atoms with Gasteiger partial charge in [0.15, 0.2) is 5.82 Å². The number of halogens is 2. The van der Waals surface area contributed by atoms with Crippen LogP contribution in [0.3, 0.4) is 0 Å². The van der Waals surface area contributed by atoms with Crippen LogP contribution in [-0.4, -0.2) is 23.6 Å².